The molecule has 1 aromatic carbocycles. The van der Waals surface area contributed by atoms with E-state index in [1.165, 1.54) is 0 Å². The van der Waals surface area contributed by atoms with Crippen LogP contribution < -0.4 is 5.32 Å². The molecule has 1 N–H and O–H groups in total. The molecule has 19 heavy (non-hydrogen) atoms. The number of nitrogens with one attached hydrogen (secondary N) is 1. The minimum absolute atomic E-state index is 0.235. The SMILES string of the molecule is CC(CCl)(CCl)NC(=O)c1cccc2nccnc12. The predicted molar refractivity (Wildman–Crippen MR) is 76.8 cm³/mol. The van der Waals surface area contributed by atoms with E-state index in [-0.39, 0.29) is 17.7 Å². The molecule has 0 aliphatic rings. The van der Waals surface area contributed by atoms with Crippen LogP contribution in [-0.2, 0) is 0 Å². The Morgan fingerprint density at radius 3 is 2.63 bits per heavy atom. The molecule has 100 valence electrons. The maximum atomic E-state index is 12.3. The second-order valence-electron chi connectivity index (χ2n) is 4.51. The van der Waals surface area contributed by atoms with Crippen molar-refractivity contribution in [3.8, 4) is 0 Å². The lowest BCUT2D eigenvalue weighted by Crippen LogP contribution is -2.49. The van der Waals surface area contributed by atoms with Gasteiger partial charge in [0.1, 0.15) is 5.52 Å². The highest BCUT2D eigenvalue weighted by molar-refractivity contribution is 6.22. The minimum Gasteiger partial charge on any atom is -0.344 e. The predicted octanol–water partition coefficient (Wildman–Crippen LogP) is 2.60. The van der Waals surface area contributed by atoms with Gasteiger partial charge in [-0.1, -0.05) is 6.07 Å². The Balaban J connectivity index is 2.37. The molecule has 0 spiro atoms. The van der Waals surface area contributed by atoms with E-state index >= 15 is 0 Å². The van der Waals surface area contributed by atoms with Crippen LogP contribution in [0.2, 0.25) is 0 Å². The molecule has 1 heterocycles. The number of para-hydroxylation sites is 1. The Hall–Kier alpha value is -1.39. The number of halogens is 2. The Kier molecular flexibility index (Phi) is 4.22. The maximum absolute atomic E-state index is 12.3. The van der Waals surface area contributed by atoms with Gasteiger partial charge in [0.2, 0.25) is 0 Å². The lowest BCUT2D eigenvalue weighted by Gasteiger charge is -2.26. The summed E-state index contributed by atoms with van der Waals surface area (Å²) in [6.07, 6.45) is 3.15. The fourth-order valence-electron chi connectivity index (χ4n) is 1.62. The van der Waals surface area contributed by atoms with E-state index in [1.807, 2.05) is 0 Å². The zero-order valence-electron chi connectivity index (χ0n) is 10.4. The summed E-state index contributed by atoms with van der Waals surface area (Å²) in [5.41, 5.74) is 1.06. The smallest absolute Gasteiger partial charge is 0.254 e. The van der Waals surface area contributed by atoms with Gasteiger partial charge in [0, 0.05) is 24.2 Å². The molecule has 2 aromatic rings. The number of hydrogen-bond acceptors (Lipinski definition) is 3. The van der Waals surface area contributed by atoms with E-state index in [0.29, 0.717) is 16.6 Å². The molecule has 0 bridgehead atoms. The normalized spacial score (nSPS) is 11.5. The van der Waals surface area contributed by atoms with Crippen LogP contribution in [-0.4, -0.2) is 33.2 Å². The zero-order chi connectivity index (χ0) is 13.9. The molecular weight excluding hydrogens is 285 g/mol. The molecule has 2 rings (SSSR count). The van der Waals surface area contributed by atoms with E-state index in [9.17, 15) is 4.79 Å². The van der Waals surface area contributed by atoms with Crippen molar-refractivity contribution in [2.75, 3.05) is 11.8 Å². The van der Waals surface area contributed by atoms with Crippen LogP contribution in [0.3, 0.4) is 0 Å². The Morgan fingerprint density at radius 2 is 1.95 bits per heavy atom. The van der Waals surface area contributed by atoms with Crippen LogP contribution >= 0.6 is 23.2 Å². The second-order valence-corrected chi connectivity index (χ2v) is 5.05. The number of fused-ring (bicyclic) bond motifs is 1. The van der Waals surface area contributed by atoms with E-state index in [2.05, 4.69) is 15.3 Å². The van der Waals surface area contributed by atoms with Crippen molar-refractivity contribution >= 4 is 40.1 Å². The molecule has 0 fully saturated rings. The molecule has 6 heteroatoms. The van der Waals surface area contributed by atoms with Gasteiger partial charge in [-0.05, 0) is 19.1 Å². The zero-order valence-corrected chi connectivity index (χ0v) is 11.9. The molecule has 0 aliphatic heterocycles. The molecule has 0 saturated carbocycles. The first-order valence-electron chi connectivity index (χ1n) is 5.74. The standard InChI is InChI=1S/C13H13Cl2N3O/c1-13(7-14,8-15)18-12(19)9-3-2-4-10-11(9)17-6-5-16-10/h2-6H,7-8H2,1H3,(H,18,19). The quantitative estimate of drug-likeness (QED) is 0.883. The minimum atomic E-state index is -0.648. The monoisotopic (exact) mass is 297 g/mol. The van der Waals surface area contributed by atoms with Gasteiger partial charge in [-0.2, -0.15) is 0 Å². The van der Waals surface area contributed by atoms with Crippen LogP contribution in [0.15, 0.2) is 30.6 Å². The Labute approximate surface area is 121 Å². The number of benzene rings is 1. The third-order valence-corrected chi connectivity index (χ3v) is 3.93. The summed E-state index contributed by atoms with van der Waals surface area (Å²) >= 11 is 11.7. The van der Waals surface area contributed by atoms with Gasteiger partial charge in [-0.15, -0.1) is 23.2 Å². The first-order chi connectivity index (χ1) is 9.09. The summed E-state index contributed by atoms with van der Waals surface area (Å²) in [7, 11) is 0. The van der Waals surface area contributed by atoms with Crippen LogP contribution in [0.4, 0.5) is 0 Å². The summed E-state index contributed by atoms with van der Waals surface area (Å²) in [6, 6.07) is 5.28. The summed E-state index contributed by atoms with van der Waals surface area (Å²) in [6.45, 7) is 1.79. The van der Waals surface area contributed by atoms with Crippen LogP contribution in [0, 0.1) is 0 Å². The molecule has 0 aliphatic carbocycles. The number of carbonyl (C=O) groups excluding carboxylic acids is 1. The van der Waals surface area contributed by atoms with Crippen molar-refractivity contribution < 1.29 is 4.79 Å². The molecule has 0 radical (unpaired) electrons. The second kappa shape index (κ2) is 5.72. The van der Waals surface area contributed by atoms with Gasteiger partial charge in [-0.25, -0.2) is 0 Å². The molecule has 0 atom stereocenters. The van der Waals surface area contributed by atoms with Crippen molar-refractivity contribution in [3.63, 3.8) is 0 Å². The van der Waals surface area contributed by atoms with E-state index in [4.69, 9.17) is 23.2 Å². The summed E-state index contributed by atoms with van der Waals surface area (Å²) < 4.78 is 0. The van der Waals surface area contributed by atoms with Gasteiger partial charge < -0.3 is 5.32 Å². The third-order valence-electron chi connectivity index (χ3n) is 2.75. The Morgan fingerprint density at radius 1 is 1.26 bits per heavy atom. The molecular formula is C13H13Cl2N3O. The summed E-state index contributed by atoms with van der Waals surface area (Å²) in [5, 5.41) is 2.83. The average molecular weight is 298 g/mol. The van der Waals surface area contributed by atoms with Crippen LogP contribution in [0.5, 0.6) is 0 Å². The highest BCUT2D eigenvalue weighted by Gasteiger charge is 2.25. The van der Waals surface area contributed by atoms with Crippen molar-refractivity contribution in [2.45, 2.75) is 12.5 Å². The van der Waals surface area contributed by atoms with Crippen LogP contribution in [0.1, 0.15) is 17.3 Å². The fourth-order valence-corrected chi connectivity index (χ4v) is 2.04. The molecule has 0 unspecified atom stereocenters. The largest absolute Gasteiger partial charge is 0.344 e. The van der Waals surface area contributed by atoms with Gasteiger partial charge in [0.25, 0.3) is 5.91 Å². The van der Waals surface area contributed by atoms with Crippen LogP contribution in [0.25, 0.3) is 11.0 Å². The number of nitrogens with zero attached hydrogens (tertiary/aromatic N) is 2. The lowest BCUT2D eigenvalue weighted by molar-refractivity contribution is 0.0923. The highest BCUT2D eigenvalue weighted by atomic mass is 35.5. The average Bonchev–Trinajstić information content (AvgIpc) is 2.46. The third kappa shape index (κ3) is 2.96. The first kappa shape index (κ1) is 14.0. The van der Waals surface area contributed by atoms with E-state index in [0.717, 1.165) is 0 Å². The van der Waals surface area contributed by atoms with Crippen molar-refractivity contribution in [1.82, 2.24) is 15.3 Å². The summed E-state index contributed by atoms with van der Waals surface area (Å²) in [5.74, 6) is 0.215. The molecule has 1 aromatic heterocycles. The topological polar surface area (TPSA) is 54.9 Å². The van der Waals surface area contributed by atoms with E-state index in [1.54, 1.807) is 37.5 Å². The van der Waals surface area contributed by atoms with E-state index < -0.39 is 5.54 Å². The number of aromatic nitrogens is 2. The molecule has 1 amide bonds. The molecule has 4 nitrogen and oxygen atoms in total. The summed E-state index contributed by atoms with van der Waals surface area (Å²) in [4.78, 5) is 20.7. The first-order valence-corrected chi connectivity index (χ1v) is 6.81. The van der Waals surface area contributed by atoms with Crippen molar-refractivity contribution in [1.29, 1.82) is 0 Å². The highest BCUT2D eigenvalue weighted by Crippen LogP contribution is 2.16. The number of amides is 1. The Bertz CT molecular complexity index is 594. The molecule has 0 saturated heterocycles. The van der Waals surface area contributed by atoms with Gasteiger partial charge >= 0.3 is 0 Å². The number of alkyl halides is 2. The number of hydrogen-bond donors (Lipinski definition) is 1. The van der Waals surface area contributed by atoms with Gasteiger partial charge in [-0.3, -0.25) is 14.8 Å². The van der Waals surface area contributed by atoms with Gasteiger partial charge in [0.15, 0.2) is 0 Å². The number of carbonyl (C=O) groups is 1. The van der Waals surface area contributed by atoms with Crippen molar-refractivity contribution in [2.24, 2.45) is 0 Å². The maximum Gasteiger partial charge on any atom is 0.254 e. The van der Waals surface area contributed by atoms with Gasteiger partial charge in [0.05, 0.1) is 16.6 Å². The van der Waals surface area contributed by atoms with Crippen molar-refractivity contribution in [3.05, 3.63) is 36.2 Å². The lowest BCUT2D eigenvalue weighted by atomic mass is 10.1. The number of rotatable bonds is 4. The fraction of sp³-hybridized carbons (Fsp3) is 0.308.